The van der Waals surface area contributed by atoms with Gasteiger partial charge in [0, 0.05) is 22.2 Å². The lowest BCUT2D eigenvalue weighted by atomic mass is 9.92. The van der Waals surface area contributed by atoms with E-state index in [1.54, 1.807) is 0 Å². The Balaban J connectivity index is 1.28. The van der Waals surface area contributed by atoms with Gasteiger partial charge in [0.2, 0.25) is 0 Å². The molecule has 7 heteroatoms. The molecule has 0 bridgehead atoms. The average Bonchev–Trinajstić information content (AvgIpc) is 3.34. The zero-order chi connectivity index (χ0) is 20.6. The van der Waals surface area contributed by atoms with Crippen molar-refractivity contribution < 1.29 is 18.4 Å². The van der Waals surface area contributed by atoms with E-state index in [4.69, 9.17) is 11.6 Å². The van der Waals surface area contributed by atoms with Crippen molar-refractivity contribution >= 4 is 23.3 Å². The lowest BCUT2D eigenvalue weighted by molar-refractivity contribution is 0.0877. The second kappa shape index (κ2) is 7.84. The van der Waals surface area contributed by atoms with Gasteiger partial charge in [-0.05, 0) is 80.2 Å². The predicted molar refractivity (Wildman–Crippen MR) is 106 cm³/mol. The summed E-state index contributed by atoms with van der Waals surface area (Å²) < 4.78 is 26.5. The molecule has 1 spiro atoms. The Morgan fingerprint density at radius 2 is 1.72 bits per heavy atom. The number of nitrogens with zero attached hydrogens (tertiary/aromatic N) is 1. The van der Waals surface area contributed by atoms with Gasteiger partial charge < -0.3 is 5.32 Å². The molecule has 1 heterocycles. The summed E-state index contributed by atoms with van der Waals surface area (Å²) >= 11 is 5.83. The number of benzene rings is 2. The van der Waals surface area contributed by atoms with E-state index in [9.17, 15) is 18.4 Å². The van der Waals surface area contributed by atoms with E-state index >= 15 is 0 Å². The maximum absolute atomic E-state index is 13.5. The quantitative estimate of drug-likeness (QED) is 0.744. The van der Waals surface area contributed by atoms with Gasteiger partial charge in [-0.25, -0.2) is 8.78 Å². The number of ketones is 1. The number of carbonyl (C=O) groups excluding carboxylic acids is 2. The van der Waals surface area contributed by atoms with Gasteiger partial charge in [0.25, 0.3) is 5.91 Å². The molecule has 2 aromatic carbocycles. The molecule has 0 radical (unpaired) electrons. The Hall–Kier alpha value is -2.31. The molecule has 1 saturated heterocycles. The zero-order valence-electron chi connectivity index (χ0n) is 15.8. The maximum atomic E-state index is 13.5. The molecule has 2 aromatic rings. The largest absolute Gasteiger partial charge is 0.349 e. The Bertz CT molecular complexity index is 920. The fraction of sp³-hybridized carbons (Fsp3) is 0.364. The topological polar surface area (TPSA) is 49.4 Å². The van der Waals surface area contributed by atoms with Gasteiger partial charge in [-0.1, -0.05) is 11.6 Å². The van der Waals surface area contributed by atoms with Gasteiger partial charge in [0.05, 0.1) is 6.54 Å². The first kappa shape index (κ1) is 20.0. The smallest absolute Gasteiger partial charge is 0.251 e. The second-order valence-corrected chi connectivity index (χ2v) is 8.39. The van der Waals surface area contributed by atoms with Crippen LogP contribution in [0, 0.1) is 17.0 Å². The third kappa shape index (κ3) is 4.49. The van der Waals surface area contributed by atoms with Gasteiger partial charge in [-0.3, -0.25) is 14.5 Å². The highest BCUT2D eigenvalue weighted by Crippen LogP contribution is 2.53. The van der Waals surface area contributed by atoms with Crippen LogP contribution in [0.15, 0.2) is 42.5 Å². The molecule has 1 aliphatic heterocycles. The number of Topliss-reactive ketones (excluding diaryl/α,β-unsaturated/α-hetero) is 1. The van der Waals surface area contributed by atoms with E-state index in [2.05, 4.69) is 10.2 Å². The van der Waals surface area contributed by atoms with Gasteiger partial charge in [0.15, 0.2) is 5.78 Å². The third-order valence-corrected chi connectivity index (χ3v) is 6.22. The summed E-state index contributed by atoms with van der Waals surface area (Å²) in [6.45, 7) is 1.84. The van der Waals surface area contributed by atoms with E-state index in [0.29, 0.717) is 12.1 Å². The van der Waals surface area contributed by atoms with E-state index in [0.717, 1.165) is 32.4 Å². The molecule has 4 rings (SSSR count). The normalized spacial score (nSPS) is 20.4. The van der Waals surface area contributed by atoms with Crippen LogP contribution in [0.4, 0.5) is 8.78 Å². The van der Waals surface area contributed by atoms with Crippen molar-refractivity contribution in [2.24, 2.45) is 5.41 Å². The number of likely N-dealkylation sites (tertiary alicyclic amines) is 1. The maximum Gasteiger partial charge on any atom is 0.251 e. The van der Waals surface area contributed by atoms with Crippen LogP contribution < -0.4 is 5.32 Å². The van der Waals surface area contributed by atoms with Crippen LogP contribution >= 0.6 is 11.6 Å². The van der Waals surface area contributed by atoms with Crippen LogP contribution in [0.2, 0.25) is 5.02 Å². The monoisotopic (exact) mass is 418 g/mol. The first-order chi connectivity index (χ1) is 13.8. The Labute approximate surface area is 172 Å². The number of amides is 1. The highest BCUT2D eigenvalue weighted by Gasteiger charge is 2.55. The minimum absolute atomic E-state index is 0.0235. The summed E-state index contributed by atoms with van der Waals surface area (Å²) in [6.07, 6.45) is 2.67. The molecule has 1 N–H and O–H groups in total. The minimum atomic E-state index is -0.535. The van der Waals surface area contributed by atoms with E-state index in [1.807, 2.05) is 0 Å². The molecule has 1 saturated carbocycles. The van der Waals surface area contributed by atoms with Crippen molar-refractivity contribution in [3.63, 3.8) is 0 Å². The van der Waals surface area contributed by atoms with Crippen LogP contribution in [0.3, 0.4) is 0 Å². The number of piperidine rings is 1. The lowest BCUT2D eigenvalue weighted by Crippen LogP contribution is -2.41. The molecule has 1 aliphatic carbocycles. The van der Waals surface area contributed by atoms with Crippen molar-refractivity contribution in [1.29, 1.82) is 0 Å². The molecule has 1 atom stereocenters. The SMILES string of the molecule is O=C(CN1CCC2(CC1)C[C@@H]2NC(=O)c1cc(F)cc(Cl)c1)c1ccc(F)cc1. The molecule has 0 aromatic heterocycles. The minimum Gasteiger partial charge on any atom is -0.349 e. The van der Waals surface area contributed by atoms with Crippen molar-refractivity contribution in [2.75, 3.05) is 19.6 Å². The highest BCUT2D eigenvalue weighted by atomic mass is 35.5. The van der Waals surface area contributed by atoms with Crippen molar-refractivity contribution in [3.05, 3.63) is 70.2 Å². The van der Waals surface area contributed by atoms with Gasteiger partial charge in [-0.15, -0.1) is 0 Å². The van der Waals surface area contributed by atoms with Crippen molar-refractivity contribution in [1.82, 2.24) is 10.2 Å². The summed E-state index contributed by atoms with van der Waals surface area (Å²) in [5.41, 5.74) is 0.791. The average molecular weight is 419 g/mol. The highest BCUT2D eigenvalue weighted by molar-refractivity contribution is 6.31. The fourth-order valence-electron chi connectivity index (χ4n) is 4.12. The molecule has 1 amide bonds. The summed E-state index contributed by atoms with van der Waals surface area (Å²) in [6, 6.07) is 9.47. The van der Waals surface area contributed by atoms with Crippen LogP contribution in [-0.4, -0.2) is 42.3 Å². The number of carbonyl (C=O) groups is 2. The van der Waals surface area contributed by atoms with Crippen LogP contribution in [0.1, 0.15) is 40.0 Å². The standard InChI is InChI=1S/C22H21ClF2N2O2/c23-16-9-15(10-18(25)11-16)21(29)26-20-12-22(20)5-7-27(8-6-22)13-19(28)14-1-3-17(24)4-2-14/h1-4,9-11,20H,5-8,12-13H2,(H,26,29)/t20-/m0/s1. The van der Waals surface area contributed by atoms with Gasteiger partial charge in [-0.2, -0.15) is 0 Å². The number of rotatable bonds is 5. The van der Waals surface area contributed by atoms with Crippen LogP contribution in [0.25, 0.3) is 0 Å². The van der Waals surface area contributed by atoms with Crippen LogP contribution in [0.5, 0.6) is 0 Å². The molecular weight excluding hydrogens is 398 g/mol. The van der Waals surface area contributed by atoms with E-state index < -0.39 is 5.82 Å². The summed E-state index contributed by atoms with van der Waals surface area (Å²) in [5, 5.41) is 3.18. The number of halogens is 3. The summed E-state index contributed by atoms with van der Waals surface area (Å²) in [4.78, 5) is 26.9. The Morgan fingerprint density at radius 3 is 2.38 bits per heavy atom. The fourth-order valence-corrected chi connectivity index (χ4v) is 4.34. The number of hydrogen-bond donors (Lipinski definition) is 1. The van der Waals surface area contributed by atoms with Gasteiger partial charge in [0.1, 0.15) is 11.6 Å². The van der Waals surface area contributed by atoms with Gasteiger partial charge >= 0.3 is 0 Å². The molecule has 4 nitrogen and oxygen atoms in total. The predicted octanol–water partition coefficient (Wildman–Crippen LogP) is 4.09. The lowest BCUT2D eigenvalue weighted by Gasteiger charge is -2.32. The molecule has 0 unspecified atom stereocenters. The summed E-state index contributed by atoms with van der Waals surface area (Å²) in [5.74, 6) is -1.23. The molecular formula is C22H21ClF2N2O2. The zero-order valence-corrected chi connectivity index (χ0v) is 16.5. The Morgan fingerprint density at radius 1 is 1.03 bits per heavy atom. The number of nitrogens with one attached hydrogen (secondary N) is 1. The first-order valence-electron chi connectivity index (χ1n) is 9.63. The Kier molecular flexibility index (Phi) is 5.40. The second-order valence-electron chi connectivity index (χ2n) is 7.96. The first-order valence-corrected chi connectivity index (χ1v) is 10.0. The van der Waals surface area contributed by atoms with Crippen LogP contribution in [-0.2, 0) is 0 Å². The third-order valence-electron chi connectivity index (χ3n) is 6.01. The molecule has 152 valence electrons. The van der Waals surface area contributed by atoms with E-state index in [-0.39, 0.29) is 39.6 Å². The molecule has 29 heavy (non-hydrogen) atoms. The summed E-state index contributed by atoms with van der Waals surface area (Å²) in [7, 11) is 0. The molecule has 2 fully saturated rings. The van der Waals surface area contributed by atoms with E-state index in [1.165, 1.54) is 42.5 Å². The number of hydrogen-bond acceptors (Lipinski definition) is 3. The molecule has 2 aliphatic rings. The van der Waals surface area contributed by atoms with Crippen molar-refractivity contribution in [3.8, 4) is 0 Å². The van der Waals surface area contributed by atoms with Crippen molar-refractivity contribution in [2.45, 2.75) is 25.3 Å².